The third kappa shape index (κ3) is 4.26. The van der Waals surface area contributed by atoms with Gasteiger partial charge in [0, 0.05) is 22.9 Å². The van der Waals surface area contributed by atoms with E-state index in [1.165, 1.54) is 0 Å². The van der Waals surface area contributed by atoms with E-state index < -0.39 is 0 Å². The van der Waals surface area contributed by atoms with Crippen molar-refractivity contribution in [2.24, 2.45) is 0 Å². The molecule has 0 atom stereocenters. The largest absolute Gasteiger partial charge is 0.369 e. The molecule has 0 aliphatic heterocycles. The molecule has 0 saturated heterocycles. The van der Waals surface area contributed by atoms with Crippen LogP contribution in [0.4, 0.5) is 11.6 Å². The average molecular weight is 349 g/mol. The Balaban J connectivity index is 2.23. The van der Waals surface area contributed by atoms with Crippen LogP contribution in [0.15, 0.2) is 34.9 Å². The van der Waals surface area contributed by atoms with Gasteiger partial charge in [-0.25, -0.2) is 9.97 Å². The van der Waals surface area contributed by atoms with Crippen molar-refractivity contribution in [1.82, 2.24) is 9.97 Å². The average Bonchev–Trinajstić information content (AvgIpc) is 2.46. The second kappa shape index (κ2) is 7.17. The van der Waals surface area contributed by atoms with Crippen LogP contribution < -0.4 is 10.6 Å². The molecule has 1 amide bonds. The monoisotopic (exact) mass is 348 g/mol. The number of halogens is 1. The van der Waals surface area contributed by atoms with Crippen molar-refractivity contribution in [3.05, 3.63) is 46.2 Å². The smallest absolute Gasteiger partial charge is 0.260 e. The number of rotatable bonds is 5. The number of carbonyl (C=O) groups excluding carboxylic acids is 1. The lowest BCUT2D eigenvalue weighted by atomic mass is 10.2. The van der Waals surface area contributed by atoms with E-state index in [-0.39, 0.29) is 5.91 Å². The predicted octanol–water partition coefficient (Wildman–Crippen LogP) is 3.62. The molecule has 6 heteroatoms. The SMILES string of the molecule is CCCNc1ncc(Br)cc1C(=O)Nc1cccc(C)n1. The number of carbonyl (C=O) groups is 1. The highest BCUT2D eigenvalue weighted by atomic mass is 79.9. The van der Waals surface area contributed by atoms with Gasteiger partial charge in [0.2, 0.25) is 0 Å². The molecule has 0 bridgehead atoms. The summed E-state index contributed by atoms with van der Waals surface area (Å²) in [5, 5.41) is 5.95. The summed E-state index contributed by atoms with van der Waals surface area (Å²) in [6.45, 7) is 4.70. The highest BCUT2D eigenvalue weighted by Crippen LogP contribution is 2.19. The number of aromatic nitrogens is 2. The molecule has 2 N–H and O–H groups in total. The number of aryl methyl sites for hydroxylation is 1. The maximum absolute atomic E-state index is 12.4. The van der Waals surface area contributed by atoms with Gasteiger partial charge >= 0.3 is 0 Å². The minimum atomic E-state index is -0.236. The van der Waals surface area contributed by atoms with Gasteiger partial charge in [-0.1, -0.05) is 13.0 Å². The van der Waals surface area contributed by atoms with Crippen LogP contribution >= 0.6 is 15.9 Å². The van der Waals surface area contributed by atoms with Crippen molar-refractivity contribution in [2.45, 2.75) is 20.3 Å². The predicted molar refractivity (Wildman–Crippen MR) is 87.6 cm³/mol. The first kappa shape index (κ1) is 15.4. The number of nitrogens with one attached hydrogen (secondary N) is 2. The minimum Gasteiger partial charge on any atom is -0.369 e. The van der Waals surface area contributed by atoms with Gasteiger partial charge in [-0.05, 0) is 47.5 Å². The molecule has 5 nitrogen and oxygen atoms in total. The van der Waals surface area contributed by atoms with Gasteiger partial charge in [-0.15, -0.1) is 0 Å². The van der Waals surface area contributed by atoms with Gasteiger partial charge in [-0.2, -0.15) is 0 Å². The fraction of sp³-hybridized carbons (Fsp3) is 0.267. The fourth-order valence-corrected chi connectivity index (χ4v) is 2.12. The normalized spacial score (nSPS) is 10.2. The van der Waals surface area contributed by atoms with Crippen LogP contribution in [0.2, 0.25) is 0 Å². The number of hydrogen-bond donors (Lipinski definition) is 2. The molecule has 2 aromatic rings. The highest BCUT2D eigenvalue weighted by Gasteiger charge is 2.14. The molecule has 2 aromatic heterocycles. The summed E-state index contributed by atoms with van der Waals surface area (Å²) < 4.78 is 0.756. The van der Waals surface area contributed by atoms with E-state index in [0.717, 1.165) is 23.1 Å². The summed E-state index contributed by atoms with van der Waals surface area (Å²) in [6, 6.07) is 7.24. The zero-order chi connectivity index (χ0) is 15.2. The number of amides is 1. The van der Waals surface area contributed by atoms with Gasteiger partial charge in [0.05, 0.1) is 5.56 Å². The molecule has 2 rings (SSSR count). The molecule has 0 aliphatic rings. The lowest BCUT2D eigenvalue weighted by molar-refractivity contribution is 0.102. The van der Waals surface area contributed by atoms with E-state index in [9.17, 15) is 4.79 Å². The lowest BCUT2D eigenvalue weighted by Gasteiger charge is -2.11. The molecule has 21 heavy (non-hydrogen) atoms. The zero-order valence-electron chi connectivity index (χ0n) is 12.0. The molecule has 0 saturated carbocycles. The number of anilines is 2. The summed E-state index contributed by atoms with van der Waals surface area (Å²) in [6.07, 6.45) is 2.62. The van der Waals surface area contributed by atoms with E-state index in [1.54, 1.807) is 18.3 Å². The van der Waals surface area contributed by atoms with Crippen molar-refractivity contribution in [1.29, 1.82) is 0 Å². The molecule has 0 unspecified atom stereocenters. The summed E-state index contributed by atoms with van der Waals surface area (Å²) in [5.74, 6) is 0.868. The Kier molecular flexibility index (Phi) is 5.27. The Labute approximate surface area is 132 Å². The third-order valence-electron chi connectivity index (χ3n) is 2.77. The summed E-state index contributed by atoms with van der Waals surface area (Å²) in [7, 11) is 0. The summed E-state index contributed by atoms with van der Waals surface area (Å²) in [5.41, 5.74) is 1.34. The van der Waals surface area contributed by atoms with Gasteiger partial charge in [0.15, 0.2) is 0 Å². The fourth-order valence-electron chi connectivity index (χ4n) is 1.79. The highest BCUT2D eigenvalue weighted by molar-refractivity contribution is 9.10. The molecule has 2 heterocycles. The Hall–Kier alpha value is -1.95. The number of hydrogen-bond acceptors (Lipinski definition) is 4. The summed E-state index contributed by atoms with van der Waals surface area (Å²) >= 11 is 3.34. The molecular weight excluding hydrogens is 332 g/mol. The number of pyridine rings is 2. The minimum absolute atomic E-state index is 0.236. The summed E-state index contributed by atoms with van der Waals surface area (Å²) in [4.78, 5) is 20.9. The molecular formula is C15H17BrN4O. The van der Waals surface area contributed by atoms with Gasteiger partial charge in [0.1, 0.15) is 11.6 Å². The first-order chi connectivity index (χ1) is 10.1. The lowest BCUT2D eigenvalue weighted by Crippen LogP contribution is -2.17. The second-order valence-electron chi connectivity index (χ2n) is 4.59. The van der Waals surface area contributed by atoms with Crippen molar-refractivity contribution < 1.29 is 4.79 Å². The van der Waals surface area contributed by atoms with Gasteiger partial charge in [-0.3, -0.25) is 4.79 Å². The van der Waals surface area contributed by atoms with Crippen LogP contribution in [-0.4, -0.2) is 22.4 Å². The quantitative estimate of drug-likeness (QED) is 0.865. The van der Waals surface area contributed by atoms with E-state index in [4.69, 9.17) is 0 Å². The Morgan fingerprint density at radius 2 is 2.19 bits per heavy atom. The molecule has 110 valence electrons. The zero-order valence-corrected chi connectivity index (χ0v) is 13.6. The Bertz CT molecular complexity index is 645. The van der Waals surface area contributed by atoms with Gasteiger partial charge < -0.3 is 10.6 Å². The first-order valence-corrected chi connectivity index (χ1v) is 7.54. The van der Waals surface area contributed by atoms with Crippen LogP contribution in [0.25, 0.3) is 0 Å². The third-order valence-corrected chi connectivity index (χ3v) is 3.20. The van der Waals surface area contributed by atoms with E-state index >= 15 is 0 Å². The molecule has 0 aliphatic carbocycles. The Morgan fingerprint density at radius 3 is 2.90 bits per heavy atom. The molecule has 0 fully saturated rings. The van der Waals surface area contributed by atoms with E-state index in [2.05, 4.69) is 43.5 Å². The van der Waals surface area contributed by atoms with E-state index in [0.29, 0.717) is 17.2 Å². The van der Waals surface area contributed by atoms with Crippen LogP contribution in [-0.2, 0) is 0 Å². The van der Waals surface area contributed by atoms with Crippen molar-refractivity contribution in [3.63, 3.8) is 0 Å². The molecule has 0 spiro atoms. The van der Waals surface area contributed by atoms with Crippen LogP contribution in [0.1, 0.15) is 29.4 Å². The topological polar surface area (TPSA) is 66.9 Å². The van der Waals surface area contributed by atoms with Crippen molar-refractivity contribution in [2.75, 3.05) is 17.2 Å². The van der Waals surface area contributed by atoms with E-state index in [1.807, 2.05) is 19.1 Å². The molecule has 0 radical (unpaired) electrons. The van der Waals surface area contributed by atoms with Crippen molar-refractivity contribution in [3.8, 4) is 0 Å². The maximum Gasteiger partial charge on any atom is 0.260 e. The van der Waals surface area contributed by atoms with Gasteiger partial charge in [0.25, 0.3) is 5.91 Å². The van der Waals surface area contributed by atoms with Crippen LogP contribution in [0.5, 0.6) is 0 Å². The van der Waals surface area contributed by atoms with Crippen molar-refractivity contribution >= 4 is 33.5 Å². The first-order valence-electron chi connectivity index (χ1n) is 6.74. The Morgan fingerprint density at radius 1 is 1.38 bits per heavy atom. The second-order valence-corrected chi connectivity index (χ2v) is 5.51. The molecule has 0 aromatic carbocycles. The van der Waals surface area contributed by atoms with Crippen LogP contribution in [0.3, 0.4) is 0 Å². The standard InChI is InChI=1S/C15H17BrN4O/c1-3-7-17-14-12(8-11(16)9-18-14)15(21)20-13-6-4-5-10(2)19-13/h4-6,8-9H,3,7H2,1-2H3,(H,17,18)(H,19,20,21). The maximum atomic E-state index is 12.4. The number of nitrogens with zero attached hydrogens (tertiary/aromatic N) is 2. The van der Waals surface area contributed by atoms with Crippen LogP contribution in [0, 0.1) is 6.92 Å².